The smallest absolute Gasteiger partial charge is 0.310 e. The summed E-state index contributed by atoms with van der Waals surface area (Å²) in [6.07, 6.45) is -4.28. The van der Waals surface area contributed by atoms with Gasteiger partial charge in [0.1, 0.15) is 11.7 Å². The molecule has 0 fully saturated rings. The number of carboxylic acid groups (broad SMARTS) is 1. The highest BCUT2D eigenvalue weighted by molar-refractivity contribution is 5.72. The van der Waals surface area contributed by atoms with Crippen molar-refractivity contribution in [3.8, 4) is 5.75 Å². The highest BCUT2D eigenvalue weighted by Crippen LogP contribution is 2.33. The molecule has 0 radical (unpaired) electrons. The number of rotatable bonds is 2. The van der Waals surface area contributed by atoms with Crippen molar-refractivity contribution in [2.24, 2.45) is 5.92 Å². The molecule has 0 spiro atoms. The van der Waals surface area contributed by atoms with E-state index in [4.69, 9.17) is 9.84 Å². The fourth-order valence-electron chi connectivity index (χ4n) is 1.82. The van der Waals surface area contributed by atoms with Crippen LogP contribution < -0.4 is 4.74 Å². The van der Waals surface area contributed by atoms with Crippen molar-refractivity contribution < 1.29 is 23.4 Å². The maximum atomic E-state index is 12.6. The summed E-state index contributed by atoms with van der Waals surface area (Å²) >= 11 is 0. The maximum absolute atomic E-state index is 12.6. The molecule has 1 aromatic carbocycles. The summed E-state index contributed by atoms with van der Waals surface area (Å²) < 4.78 is 30.3. The van der Waals surface area contributed by atoms with Crippen LogP contribution in [-0.2, 0) is 11.2 Å². The summed E-state index contributed by atoms with van der Waals surface area (Å²) in [5.41, 5.74) is 0.659. The Kier molecular flexibility index (Phi) is 2.77. The van der Waals surface area contributed by atoms with Crippen LogP contribution in [0.15, 0.2) is 24.3 Å². The minimum absolute atomic E-state index is 0.0838. The van der Waals surface area contributed by atoms with Crippen molar-refractivity contribution in [1.82, 2.24) is 0 Å². The van der Waals surface area contributed by atoms with Gasteiger partial charge in [0, 0.05) is 0 Å². The van der Waals surface area contributed by atoms with E-state index in [0.29, 0.717) is 11.3 Å². The third-order valence-corrected chi connectivity index (χ3v) is 2.64. The van der Waals surface area contributed by atoms with Crippen LogP contribution in [0.4, 0.5) is 8.78 Å². The topological polar surface area (TPSA) is 46.5 Å². The molecular formula is C11H10F2O3. The molecular weight excluding hydrogens is 218 g/mol. The molecule has 0 saturated carbocycles. The first-order chi connectivity index (χ1) is 7.59. The van der Waals surface area contributed by atoms with E-state index in [1.54, 1.807) is 24.3 Å². The molecule has 2 rings (SSSR count). The number of aliphatic carboxylic acids is 1. The monoisotopic (exact) mass is 228 g/mol. The number of alkyl halides is 2. The van der Waals surface area contributed by atoms with E-state index in [0.717, 1.165) is 0 Å². The van der Waals surface area contributed by atoms with Crippen molar-refractivity contribution in [3.63, 3.8) is 0 Å². The number of hydrogen-bond donors (Lipinski definition) is 1. The molecule has 3 nitrogen and oxygen atoms in total. The van der Waals surface area contributed by atoms with Crippen molar-refractivity contribution in [2.75, 3.05) is 0 Å². The Hall–Kier alpha value is -1.65. The van der Waals surface area contributed by atoms with Crippen LogP contribution in [0.25, 0.3) is 0 Å². The lowest BCUT2D eigenvalue weighted by Crippen LogP contribution is -2.42. The quantitative estimate of drug-likeness (QED) is 0.841. The SMILES string of the molecule is O=C(O)[C@@H]1Cc2ccccc2O[C@H]1C(F)F. The van der Waals surface area contributed by atoms with Crippen LogP contribution in [-0.4, -0.2) is 23.6 Å². The van der Waals surface area contributed by atoms with E-state index in [2.05, 4.69) is 0 Å². The lowest BCUT2D eigenvalue weighted by Gasteiger charge is -2.30. The van der Waals surface area contributed by atoms with E-state index in [1.807, 2.05) is 0 Å². The molecule has 1 heterocycles. The lowest BCUT2D eigenvalue weighted by atomic mass is 9.91. The Morgan fingerprint density at radius 3 is 2.75 bits per heavy atom. The molecule has 86 valence electrons. The Morgan fingerprint density at radius 2 is 2.12 bits per heavy atom. The largest absolute Gasteiger partial charge is 0.483 e. The molecule has 1 aliphatic heterocycles. The molecule has 16 heavy (non-hydrogen) atoms. The number of ether oxygens (including phenoxy) is 1. The van der Waals surface area contributed by atoms with Gasteiger partial charge < -0.3 is 9.84 Å². The highest BCUT2D eigenvalue weighted by atomic mass is 19.3. The number of benzene rings is 1. The van der Waals surface area contributed by atoms with E-state index in [1.165, 1.54) is 0 Å². The second-order valence-electron chi connectivity index (χ2n) is 3.67. The number of hydrogen-bond acceptors (Lipinski definition) is 2. The van der Waals surface area contributed by atoms with Crippen molar-refractivity contribution in [1.29, 1.82) is 0 Å². The van der Waals surface area contributed by atoms with Crippen LogP contribution in [0.1, 0.15) is 5.56 Å². The van der Waals surface area contributed by atoms with Crippen molar-refractivity contribution in [3.05, 3.63) is 29.8 Å². The van der Waals surface area contributed by atoms with Crippen molar-refractivity contribution in [2.45, 2.75) is 19.0 Å². The minimum atomic E-state index is -2.80. The molecule has 0 saturated heterocycles. The fourth-order valence-corrected chi connectivity index (χ4v) is 1.82. The van der Waals surface area contributed by atoms with Gasteiger partial charge in [-0.2, -0.15) is 0 Å². The number of halogens is 2. The summed E-state index contributed by atoms with van der Waals surface area (Å²) in [7, 11) is 0. The maximum Gasteiger partial charge on any atom is 0.310 e. The molecule has 1 aromatic rings. The average molecular weight is 228 g/mol. The normalized spacial score (nSPS) is 23.7. The van der Waals surface area contributed by atoms with Gasteiger partial charge in [-0.05, 0) is 18.1 Å². The van der Waals surface area contributed by atoms with Gasteiger partial charge >= 0.3 is 5.97 Å². The third kappa shape index (κ3) is 1.85. The number of para-hydroxylation sites is 1. The Balaban J connectivity index is 2.33. The fraction of sp³-hybridized carbons (Fsp3) is 0.364. The highest BCUT2D eigenvalue weighted by Gasteiger charge is 2.40. The third-order valence-electron chi connectivity index (χ3n) is 2.64. The van der Waals surface area contributed by atoms with Gasteiger partial charge in [-0.3, -0.25) is 4.79 Å². The molecule has 1 N–H and O–H groups in total. The second kappa shape index (κ2) is 4.08. The van der Waals surface area contributed by atoms with Crippen LogP contribution >= 0.6 is 0 Å². The lowest BCUT2D eigenvalue weighted by molar-refractivity contribution is -0.150. The Morgan fingerprint density at radius 1 is 1.44 bits per heavy atom. The van der Waals surface area contributed by atoms with E-state index >= 15 is 0 Å². The van der Waals surface area contributed by atoms with Gasteiger partial charge in [0.2, 0.25) is 0 Å². The summed E-state index contributed by atoms with van der Waals surface area (Å²) in [4.78, 5) is 10.9. The number of carboxylic acids is 1. The molecule has 1 aliphatic rings. The van der Waals surface area contributed by atoms with Gasteiger partial charge in [-0.25, -0.2) is 8.78 Å². The first-order valence-electron chi connectivity index (χ1n) is 4.85. The average Bonchev–Trinajstić information content (AvgIpc) is 2.27. The molecule has 0 aliphatic carbocycles. The van der Waals surface area contributed by atoms with Gasteiger partial charge in [0.05, 0.1) is 0 Å². The molecule has 0 bridgehead atoms. The Labute approximate surface area is 90.7 Å². The van der Waals surface area contributed by atoms with Gasteiger partial charge in [0.15, 0.2) is 6.10 Å². The number of carbonyl (C=O) groups is 1. The van der Waals surface area contributed by atoms with Gasteiger partial charge in [-0.15, -0.1) is 0 Å². The predicted octanol–water partition coefficient (Wildman–Crippen LogP) is 1.96. The number of fused-ring (bicyclic) bond motifs is 1. The van der Waals surface area contributed by atoms with Crippen molar-refractivity contribution >= 4 is 5.97 Å². The summed E-state index contributed by atoms with van der Waals surface area (Å²) in [5.74, 6) is -2.08. The second-order valence-corrected chi connectivity index (χ2v) is 3.67. The zero-order chi connectivity index (χ0) is 11.7. The summed E-state index contributed by atoms with van der Waals surface area (Å²) in [6, 6.07) is 6.65. The van der Waals surface area contributed by atoms with Crippen LogP contribution in [0.2, 0.25) is 0 Å². The molecule has 5 heteroatoms. The predicted molar refractivity (Wildman–Crippen MR) is 51.7 cm³/mol. The summed E-state index contributed by atoms with van der Waals surface area (Å²) in [6.45, 7) is 0. The van der Waals surface area contributed by atoms with Crippen LogP contribution in [0.5, 0.6) is 5.75 Å². The van der Waals surface area contributed by atoms with Crippen LogP contribution in [0.3, 0.4) is 0 Å². The molecule has 0 aromatic heterocycles. The van der Waals surface area contributed by atoms with E-state index < -0.39 is 24.4 Å². The molecule has 2 atom stereocenters. The van der Waals surface area contributed by atoms with Crippen LogP contribution in [0, 0.1) is 5.92 Å². The Bertz CT molecular complexity index is 406. The van der Waals surface area contributed by atoms with E-state index in [9.17, 15) is 13.6 Å². The van der Waals surface area contributed by atoms with Gasteiger partial charge in [-0.1, -0.05) is 18.2 Å². The minimum Gasteiger partial charge on any atom is -0.483 e. The standard InChI is InChI=1S/C11H10F2O3/c12-10(13)9-7(11(14)15)5-6-3-1-2-4-8(6)16-9/h1-4,7,9-10H,5H2,(H,14,15)/t7-,9-/m1/s1. The molecule has 0 amide bonds. The van der Waals surface area contributed by atoms with E-state index in [-0.39, 0.29) is 6.42 Å². The zero-order valence-corrected chi connectivity index (χ0v) is 8.27. The molecule has 0 unspecified atom stereocenters. The summed E-state index contributed by atoms with van der Waals surface area (Å²) in [5, 5.41) is 8.87. The first-order valence-corrected chi connectivity index (χ1v) is 4.85. The van der Waals surface area contributed by atoms with Gasteiger partial charge in [0.25, 0.3) is 6.43 Å². The first kappa shape index (κ1) is 10.9. The zero-order valence-electron chi connectivity index (χ0n) is 8.27.